The highest BCUT2D eigenvalue weighted by atomic mass is 16.4. The van der Waals surface area contributed by atoms with Crippen LogP contribution >= 0.6 is 0 Å². The molecule has 6 heteroatoms. The Morgan fingerprint density at radius 3 is 2.52 bits per heavy atom. The van der Waals surface area contributed by atoms with Gasteiger partial charge in [0.15, 0.2) is 0 Å². The van der Waals surface area contributed by atoms with Crippen molar-refractivity contribution in [2.24, 2.45) is 17.8 Å². The normalized spacial score (nSPS) is 30.1. The summed E-state index contributed by atoms with van der Waals surface area (Å²) in [5.74, 6) is -0.706. The number of carboxylic acids is 1. The standard InChI is InChI=1S/C15H27N3O3/c1-10(2)17-5-4-12(8-17)6-16-15(21)18-7-11(3)13(9-18)14(19)20/h10-13H,4-9H2,1-3H3,(H,16,21)(H,19,20)/t11-,12?,13-/m1/s1. The van der Waals surface area contributed by atoms with Crippen molar-refractivity contribution in [1.82, 2.24) is 15.1 Å². The number of nitrogens with one attached hydrogen (secondary N) is 1. The average molecular weight is 297 g/mol. The van der Waals surface area contributed by atoms with Crippen LogP contribution in [0.15, 0.2) is 0 Å². The highest BCUT2D eigenvalue weighted by molar-refractivity contribution is 5.77. The Morgan fingerprint density at radius 2 is 2.00 bits per heavy atom. The van der Waals surface area contributed by atoms with Gasteiger partial charge >= 0.3 is 12.0 Å². The minimum Gasteiger partial charge on any atom is -0.481 e. The number of carbonyl (C=O) groups is 2. The first-order valence-corrected chi connectivity index (χ1v) is 7.88. The predicted molar refractivity (Wildman–Crippen MR) is 80.1 cm³/mol. The van der Waals surface area contributed by atoms with Crippen LogP contribution < -0.4 is 5.32 Å². The highest BCUT2D eigenvalue weighted by Crippen LogP contribution is 2.23. The fourth-order valence-electron chi connectivity index (χ4n) is 3.30. The molecule has 2 aliphatic rings. The minimum atomic E-state index is -0.804. The Kier molecular flexibility index (Phi) is 5.08. The molecule has 0 bridgehead atoms. The van der Waals surface area contributed by atoms with Gasteiger partial charge in [-0.05, 0) is 38.6 Å². The molecule has 2 N–H and O–H groups in total. The SMILES string of the molecule is CC(C)N1CCC(CNC(=O)N2C[C@@H](C)[C@H](C(=O)O)C2)C1. The summed E-state index contributed by atoms with van der Waals surface area (Å²) in [7, 11) is 0. The second-order valence-electron chi connectivity index (χ2n) is 6.76. The van der Waals surface area contributed by atoms with Gasteiger partial charge in [-0.3, -0.25) is 4.79 Å². The third kappa shape index (κ3) is 3.87. The summed E-state index contributed by atoms with van der Waals surface area (Å²) in [5, 5.41) is 12.1. The van der Waals surface area contributed by atoms with E-state index in [-0.39, 0.29) is 11.9 Å². The maximum atomic E-state index is 12.1. The first-order valence-electron chi connectivity index (χ1n) is 7.88. The number of carboxylic acid groups (broad SMARTS) is 1. The van der Waals surface area contributed by atoms with Crippen molar-refractivity contribution in [3.05, 3.63) is 0 Å². The maximum Gasteiger partial charge on any atom is 0.317 e. The molecule has 2 heterocycles. The summed E-state index contributed by atoms with van der Waals surface area (Å²) in [6.07, 6.45) is 1.12. The molecule has 2 rings (SSSR count). The van der Waals surface area contributed by atoms with Crippen LogP contribution in [0.2, 0.25) is 0 Å². The van der Waals surface area contributed by atoms with Crippen molar-refractivity contribution in [2.45, 2.75) is 33.2 Å². The number of rotatable bonds is 4. The number of hydrogen-bond donors (Lipinski definition) is 2. The molecule has 2 amide bonds. The monoisotopic (exact) mass is 297 g/mol. The van der Waals surface area contributed by atoms with Crippen molar-refractivity contribution < 1.29 is 14.7 Å². The first kappa shape index (κ1) is 16.1. The summed E-state index contributed by atoms with van der Waals surface area (Å²) in [6.45, 7) is 9.95. The molecule has 0 aliphatic carbocycles. The van der Waals surface area contributed by atoms with E-state index in [4.69, 9.17) is 5.11 Å². The number of carbonyl (C=O) groups excluding carboxylic acids is 1. The molecule has 0 spiro atoms. The zero-order chi connectivity index (χ0) is 15.6. The lowest BCUT2D eigenvalue weighted by molar-refractivity contribution is -0.142. The molecule has 1 unspecified atom stereocenters. The van der Waals surface area contributed by atoms with Gasteiger partial charge in [0.2, 0.25) is 0 Å². The summed E-state index contributed by atoms with van der Waals surface area (Å²) >= 11 is 0. The molecule has 0 radical (unpaired) electrons. The lowest BCUT2D eigenvalue weighted by Gasteiger charge is -2.21. The Hall–Kier alpha value is -1.30. The van der Waals surface area contributed by atoms with Crippen molar-refractivity contribution in [1.29, 1.82) is 0 Å². The third-order valence-corrected chi connectivity index (χ3v) is 4.81. The Balaban J connectivity index is 1.75. The van der Waals surface area contributed by atoms with Gasteiger partial charge in [0.25, 0.3) is 0 Å². The van der Waals surface area contributed by atoms with Crippen LogP contribution in [0.4, 0.5) is 4.79 Å². The molecular formula is C15H27N3O3. The fourth-order valence-corrected chi connectivity index (χ4v) is 3.30. The van der Waals surface area contributed by atoms with Gasteiger partial charge in [0.1, 0.15) is 0 Å². The number of nitrogens with zero attached hydrogens (tertiary/aromatic N) is 2. The smallest absolute Gasteiger partial charge is 0.317 e. The zero-order valence-electron chi connectivity index (χ0n) is 13.2. The van der Waals surface area contributed by atoms with E-state index in [0.717, 1.165) is 19.5 Å². The molecule has 3 atom stereocenters. The van der Waals surface area contributed by atoms with Crippen LogP contribution in [0.5, 0.6) is 0 Å². The van der Waals surface area contributed by atoms with Crippen molar-refractivity contribution in [3.8, 4) is 0 Å². The molecule has 2 saturated heterocycles. The third-order valence-electron chi connectivity index (χ3n) is 4.81. The van der Waals surface area contributed by atoms with Crippen LogP contribution in [0, 0.1) is 17.8 Å². The quantitative estimate of drug-likeness (QED) is 0.814. The number of likely N-dealkylation sites (tertiary alicyclic amines) is 2. The molecule has 0 aromatic carbocycles. The van der Waals surface area contributed by atoms with Gasteiger partial charge in [-0.15, -0.1) is 0 Å². The van der Waals surface area contributed by atoms with Crippen LogP contribution in [0.1, 0.15) is 27.2 Å². The lowest BCUT2D eigenvalue weighted by atomic mass is 9.99. The van der Waals surface area contributed by atoms with E-state index in [1.54, 1.807) is 4.90 Å². The number of hydrogen-bond acceptors (Lipinski definition) is 3. The Morgan fingerprint density at radius 1 is 1.29 bits per heavy atom. The molecule has 2 aliphatic heterocycles. The van der Waals surface area contributed by atoms with Crippen LogP contribution in [-0.2, 0) is 4.79 Å². The van der Waals surface area contributed by atoms with E-state index < -0.39 is 11.9 Å². The molecule has 120 valence electrons. The number of amides is 2. The molecular weight excluding hydrogens is 270 g/mol. The first-order chi connectivity index (χ1) is 9.88. The molecule has 2 fully saturated rings. The lowest BCUT2D eigenvalue weighted by Crippen LogP contribution is -2.41. The van der Waals surface area contributed by atoms with Gasteiger partial charge in [0, 0.05) is 32.2 Å². The van der Waals surface area contributed by atoms with E-state index in [0.29, 0.717) is 31.6 Å². The summed E-state index contributed by atoms with van der Waals surface area (Å²) in [6, 6.07) is 0.440. The number of aliphatic carboxylic acids is 1. The highest BCUT2D eigenvalue weighted by Gasteiger charge is 2.37. The second-order valence-corrected chi connectivity index (χ2v) is 6.76. The number of urea groups is 1. The second kappa shape index (κ2) is 6.64. The fraction of sp³-hybridized carbons (Fsp3) is 0.867. The van der Waals surface area contributed by atoms with Gasteiger partial charge < -0.3 is 20.2 Å². The van der Waals surface area contributed by atoms with Gasteiger partial charge in [-0.1, -0.05) is 6.92 Å². The van der Waals surface area contributed by atoms with E-state index in [1.165, 1.54) is 0 Å². The molecule has 6 nitrogen and oxygen atoms in total. The Bertz CT molecular complexity index is 400. The summed E-state index contributed by atoms with van der Waals surface area (Å²) < 4.78 is 0. The topological polar surface area (TPSA) is 72.9 Å². The van der Waals surface area contributed by atoms with Crippen LogP contribution in [0.25, 0.3) is 0 Å². The van der Waals surface area contributed by atoms with Crippen LogP contribution in [-0.4, -0.2) is 65.7 Å². The van der Waals surface area contributed by atoms with Gasteiger partial charge in [-0.2, -0.15) is 0 Å². The van der Waals surface area contributed by atoms with E-state index in [9.17, 15) is 9.59 Å². The largest absolute Gasteiger partial charge is 0.481 e. The molecule has 0 aromatic rings. The van der Waals surface area contributed by atoms with Crippen LogP contribution in [0.3, 0.4) is 0 Å². The Labute approximate surface area is 126 Å². The zero-order valence-corrected chi connectivity index (χ0v) is 13.2. The predicted octanol–water partition coefficient (Wildman–Crippen LogP) is 1.08. The molecule has 0 saturated carbocycles. The van der Waals surface area contributed by atoms with E-state index in [1.807, 2.05) is 6.92 Å². The van der Waals surface area contributed by atoms with E-state index >= 15 is 0 Å². The summed E-state index contributed by atoms with van der Waals surface area (Å²) in [4.78, 5) is 27.3. The van der Waals surface area contributed by atoms with Crippen molar-refractivity contribution in [3.63, 3.8) is 0 Å². The van der Waals surface area contributed by atoms with Gasteiger partial charge in [-0.25, -0.2) is 4.79 Å². The van der Waals surface area contributed by atoms with Gasteiger partial charge in [0.05, 0.1) is 5.92 Å². The molecule has 21 heavy (non-hydrogen) atoms. The average Bonchev–Trinajstić information content (AvgIpc) is 3.02. The van der Waals surface area contributed by atoms with Crippen molar-refractivity contribution >= 4 is 12.0 Å². The van der Waals surface area contributed by atoms with E-state index in [2.05, 4.69) is 24.1 Å². The van der Waals surface area contributed by atoms with Crippen molar-refractivity contribution in [2.75, 3.05) is 32.7 Å². The molecule has 0 aromatic heterocycles. The summed E-state index contributed by atoms with van der Waals surface area (Å²) in [5.41, 5.74) is 0. The minimum absolute atomic E-state index is 0.0242. The maximum absolute atomic E-state index is 12.1.